The second-order valence-electron chi connectivity index (χ2n) is 5.21. The molecular formula is C17H19IN2O. The van der Waals surface area contributed by atoms with Gasteiger partial charge in [-0.25, -0.2) is 0 Å². The lowest BCUT2D eigenvalue weighted by molar-refractivity contribution is 0.0930. The molecular weight excluding hydrogens is 375 g/mol. The third kappa shape index (κ3) is 4.82. The largest absolute Gasteiger partial charge is 0.344 e. The molecule has 21 heavy (non-hydrogen) atoms. The molecule has 4 heteroatoms. The maximum absolute atomic E-state index is 12.4. The fourth-order valence-corrected chi connectivity index (χ4v) is 2.70. The molecule has 0 bridgehead atoms. The molecule has 1 atom stereocenters. The van der Waals surface area contributed by atoms with E-state index < -0.39 is 0 Å². The van der Waals surface area contributed by atoms with Gasteiger partial charge in [-0.05, 0) is 60.4 Å². The van der Waals surface area contributed by atoms with Crippen LogP contribution >= 0.6 is 22.6 Å². The maximum atomic E-state index is 12.4. The van der Waals surface area contributed by atoms with Crippen LogP contribution in [0.1, 0.15) is 22.0 Å². The summed E-state index contributed by atoms with van der Waals surface area (Å²) in [5.74, 6) is -0.0378. The fraction of sp³-hybridized carbons (Fsp3) is 0.235. The highest BCUT2D eigenvalue weighted by atomic mass is 127. The number of rotatable bonds is 5. The molecule has 0 unspecified atom stereocenters. The van der Waals surface area contributed by atoms with Gasteiger partial charge in [0.05, 0.1) is 6.04 Å². The molecule has 1 N–H and O–H groups in total. The average Bonchev–Trinajstić information content (AvgIpc) is 2.47. The molecule has 0 aromatic heterocycles. The van der Waals surface area contributed by atoms with E-state index in [1.54, 1.807) is 0 Å². The number of hydrogen-bond acceptors (Lipinski definition) is 2. The molecule has 0 saturated heterocycles. The number of amides is 1. The summed E-state index contributed by atoms with van der Waals surface area (Å²) in [6.07, 6.45) is 0. The topological polar surface area (TPSA) is 32.3 Å². The molecule has 0 aliphatic carbocycles. The van der Waals surface area contributed by atoms with Gasteiger partial charge in [-0.15, -0.1) is 0 Å². The van der Waals surface area contributed by atoms with Gasteiger partial charge in [0.2, 0.25) is 0 Å². The number of nitrogens with zero attached hydrogens (tertiary/aromatic N) is 1. The van der Waals surface area contributed by atoms with Crippen LogP contribution in [-0.4, -0.2) is 31.4 Å². The molecule has 2 aromatic carbocycles. The van der Waals surface area contributed by atoms with Gasteiger partial charge in [-0.2, -0.15) is 0 Å². The summed E-state index contributed by atoms with van der Waals surface area (Å²) in [6, 6.07) is 17.7. The number of benzene rings is 2. The second kappa shape index (κ2) is 7.56. The van der Waals surface area contributed by atoms with Gasteiger partial charge < -0.3 is 10.2 Å². The lowest BCUT2D eigenvalue weighted by Crippen LogP contribution is -2.35. The van der Waals surface area contributed by atoms with Crippen molar-refractivity contribution < 1.29 is 4.79 Å². The number of hydrogen-bond donors (Lipinski definition) is 1. The van der Waals surface area contributed by atoms with E-state index in [9.17, 15) is 4.79 Å². The average molecular weight is 394 g/mol. The van der Waals surface area contributed by atoms with Crippen LogP contribution in [0.2, 0.25) is 0 Å². The first-order valence-electron chi connectivity index (χ1n) is 6.82. The second-order valence-corrected chi connectivity index (χ2v) is 6.45. The summed E-state index contributed by atoms with van der Waals surface area (Å²) in [6.45, 7) is 0.764. The minimum absolute atomic E-state index is 0.0217. The smallest absolute Gasteiger partial charge is 0.251 e. The minimum atomic E-state index is -0.0378. The van der Waals surface area contributed by atoms with Gasteiger partial charge in [-0.3, -0.25) is 4.79 Å². The van der Waals surface area contributed by atoms with Crippen LogP contribution in [-0.2, 0) is 0 Å². The van der Waals surface area contributed by atoms with E-state index in [1.165, 1.54) is 0 Å². The van der Waals surface area contributed by atoms with Crippen LogP contribution in [0.25, 0.3) is 0 Å². The maximum Gasteiger partial charge on any atom is 0.251 e. The first-order valence-corrected chi connectivity index (χ1v) is 7.90. The Kier molecular flexibility index (Phi) is 5.76. The highest BCUT2D eigenvalue weighted by Crippen LogP contribution is 2.15. The Hall–Kier alpha value is -1.40. The molecule has 1 amide bonds. The lowest BCUT2D eigenvalue weighted by atomic mass is 10.1. The highest BCUT2D eigenvalue weighted by Gasteiger charge is 2.16. The van der Waals surface area contributed by atoms with Crippen LogP contribution < -0.4 is 5.32 Å². The van der Waals surface area contributed by atoms with Crippen molar-refractivity contribution in [1.29, 1.82) is 0 Å². The van der Waals surface area contributed by atoms with Gasteiger partial charge >= 0.3 is 0 Å². The van der Waals surface area contributed by atoms with Crippen molar-refractivity contribution in [3.05, 3.63) is 69.3 Å². The third-order valence-electron chi connectivity index (χ3n) is 3.14. The summed E-state index contributed by atoms with van der Waals surface area (Å²) in [4.78, 5) is 14.5. The summed E-state index contributed by atoms with van der Waals surface area (Å²) in [5.41, 5.74) is 1.81. The first-order chi connectivity index (χ1) is 10.1. The van der Waals surface area contributed by atoms with E-state index in [4.69, 9.17) is 0 Å². The predicted molar refractivity (Wildman–Crippen MR) is 94.4 cm³/mol. The van der Waals surface area contributed by atoms with Crippen LogP contribution in [0.4, 0.5) is 0 Å². The quantitative estimate of drug-likeness (QED) is 0.790. The molecule has 0 radical (unpaired) electrons. The molecule has 0 fully saturated rings. The molecule has 110 valence electrons. The summed E-state index contributed by atoms with van der Waals surface area (Å²) in [7, 11) is 4.01. The molecule has 0 aliphatic heterocycles. The molecule has 0 heterocycles. The van der Waals surface area contributed by atoms with Crippen LogP contribution in [0.15, 0.2) is 54.6 Å². The van der Waals surface area contributed by atoms with E-state index >= 15 is 0 Å². The molecule has 0 spiro atoms. The number of nitrogens with one attached hydrogen (secondary N) is 1. The number of carbonyl (C=O) groups excluding carboxylic acids is 1. The zero-order valence-corrected chi connectivity index (χ0v) is 14.4. The van der Waals surface area contributed by atoms with Crippen molar-refractivity contribution >= 4 is 28.5 Å². The monoisotopic (exact) mass is 394 g/mol. The van der Waals surface area contributed by atoms with Crippen molar-refractivity contribution in [3.63, 3.8) is 0 Å². The van der Waals surface area contributed by atoms with Crippen molar-refractivity contribution in [3.8, 4) is 0 Å². The van der Waals surface area contributed by atoms with Crippen molar-refractivity contribution in [1.82, 2.24) is 10.2 Å². The lowest BCUT2D eigenvalue weighted by Gasteiger charge is -2.23. The Morgan fingerprint density at radius 3 is 2.48 bits per heavy atom. The number of likely N-dealkylation sites (N-methyl/N-ethyl adjacent to an activating group) is 1. The Balaban J connectivity index is 2.17. The molecule has 3 nitrogen and oxygen atoms in total. The van der Waals surface area contributed by atoms with E-state index in [0.29, 0.717) is 5.56 Å². The minimum Gasteiger partial charge on any atom is -0.344 e. The van der Waals surface area contributed by atoms with Crippen LogP contribution in [0.3, 0.4) is 0 Å². The Morgan fingerprint density at radius 1 is 1.14 bits per heavy atom. The first kappa shape index (κ1) is 16.0. The SMILES string of the molecule is CN(C)C[C@H](NC(=O)c1cccc(I)c1)c1ccccc1. The van der Waals surface area contributed by atoms with Crippen LogP contribution in [0.5, 0.6) is 0 Å². The van der Waals surface area contributed by atoms with Gasteiger partial charge in [0, 0.05) is 15.7 Å². The Bertz CT molecular complexity index is 599. The summed E-state index contributed by atoms with van der Waals surface area (Å²) < 4.78 is 1.06. The number of halogens is 1. The molecule has 2 aromatic rings. The molecule has 2 rings (SSSR count). The van der Waals surface area contributed by atoms with Gasteiger partial charge in [-0.1, -0.05) is 36.4 Å². The summed E-state index contributed by atoms with van der Waals surface area (Å²) >= 11 is 2.22. The number of carbonyl (C=O) groups is 1. The standard InChI is InChI=1S/C17H19IN2O/c1-20(2)12-16(13-7-4-3-5-8-13)19-17(21)14-9-6-10-15(18)11-14/h3-11,16H,12H2,1-2H3,(H,19,21)/t16-/m0/s1. The molecule has 0 saturated carbocycles. The van der Waals surface area contributed by atoms with Crippen molar-refractivity contribution in [2.75, 3.05) is 20.6 Å². The van der Waals surface area contributed by atoms with E-state index in [0.717, 1.165) is 15.7 Å². The van der Waals surface area contributed by atoms with Gasteiger partial charge in [0.15, 0.2) is 0 Å². The normalized spacial score (nSPS) is 12.2. The van der Waals surface area contributed by atoms with E-state index in [2.05, 4.69) is 32.8 Å². The van der Waals surface area contributed by atoms with E-state index in [-0.39, 0.29) is 11.9 Å². The third-order valence-corrected chi connectivity index (χ3v) is 3.81. The summed E-state index contributed by atoms with van der Waals surface area (Å²) in [5, 5.41) is 3.12. The van der Waals surface area contributed by atoms with Crippen molar-refractivity contribution in [2.45, 2.75) is 6.04 Å². The highest BCUT2D eigenvalue weighted by molar-refractivity contribution is 14.1. The zero-order chi connectivity index (χ0) is 15.2. The van der Waals surface area contributed by atoms with Crippen LogP contribution in [0, 0.1) is 3.57 Å². The fourth-order valence-electron chi connectivity index (χ4n) is 2.16. The molecule has 0 aliphatic rings. The van der Waals surface area contributed by atoms with E-state index in [1.807, 2.05) is 68.7 Å². The Morgan fingerprint density at radius 2 is 1.86 bits per heavy atom. The zero-order valence-electron chi connectivity index (χ0n) is 12.2. The van der Waals surface area contributed by atoms with Crippen molar-refractivity contribution in [2.24, 2.45) is 0 Å². The van der Waals surface area contributed by atoms with Gasteiger partial charge in [0.25, 0.3) is 5.91 Å². The van der Waals surface area contributed by atoms with Gasteiger partial charge in [0.1, 0.15) is 0 Å². The Labute approximate surface area is 139 Å². The predicted octanol–water partition coefficient (Wildman–Crippen LogP) is 3.32.